The molecular formula is C27H28ClF3N2O5S. The number of hydrogen-bond donors (Lipinski definition) is 2. The molecule has 1 aromatic heterocycles. The summed E-state index contributed by atoms with van der Waals surface area (Å²) < 4.78 is 37.5. The number of carboxylic acid groups (broad SMARTS) is 2. The van der Waals surface area contributed by atoms with Gasteiger partial charge in [-0.2, -0.15) is 13.2 Å². The van der Waals surface area contributed by atoms with Crippen molar-refractivity contribution in [3.63, 3.8) is 0 Å². The maximum atomic E-state index is 11.1. The van der Waals surface area contributed by atoms with Gasteiger partial charge in [0.25, 0.3) is 0 Å². The fraction of sp³-hybridized carbons (Fsp3) is 0.370. The second-order valence-electron chi connectivity index (χ2n) is 9.17. The number of aromatic nitrogens is 1. The number of hydrogen-bond acceptors (Lipinski definition) is 6. The molecule has 210 valence electrons. The number of benzene rings is 2. The normalized spacial score (nSPS) is 13.9. The van der Waals surface area contributed by atoms with E-state index in [1.165, 1.54) is 16.7 Å². The Balaban J connectivity index is 0.000000532. The molecule has 1 saturated heterocycles. The third-order valence-electron chi connectivity index (χ3n) is 5.88. The topological polar surface area (TPSA) is 100.0 Å². The van der Waals surface area contributed by atoms with E-state index in [0.29, 0.717) is 23.9 Å². The first-order valence-electron chi connectivity index (χ1n) is 12.1. The number of likely N-dealkylation sites (tertiary alicyclic amines) is 1. The standard InChI is InChI=1S/C25H27ClN2O3S.C2HF3O2/c1-4-19-17(12-28-13-18(14-28)25(29)30)6-5-7-20(19)23-11-27-24(32-23)16-8-9-22(21(26)10-16)31-15(2)3;3-2(4,5)1(6)7/h5-11,15,18H,4,12-14H2,1-3H3,(H,29,30);(H,6,7). The lowest BCUT2D eigenvalue weighted by molar-refractivity contribution is -0.192. The van der Waals surface area contributed by atoms with Crippen molar-refractivity contribution < 1.29 is 37.7 Å². The van der Waals surface area contributed by atoms with Crippen molar-refractivity contribution in [2.45, 2.75) is 46.0 Å². The highest BCUT2D eigenvalue weighted by Gasteiger charge is 2.38. The first-order chi connectivity index (χ1) is 18.3. The molecule has 7 nitrogen and oxygen atoms in total. The Labute approximate surface area is 232 Å². The Morgan fingerprint density at radius 2 is 1.87 bits per heavy atom. The molecule has 2 aromatic carbocycles. The summed E-state index contributed by atoms with van der Waals surface area (Å²) >= 11 is 8.07. The second kappa shape index (κ2) is 12.8. The van der Waals surface area contributed by atoms with E-state index < -0.39 is 18.1 Å². The van der Waals surface area contributed by atoms with Crippen LogP contribution in [0.5, 0.6) is 5.75 Å². The van der Waals surface area contributed by atoms with Crippen LogP contribution in [0.2, 0.25) is 5.02 Å². The predicted molar refractivity (Wildman–Crippen MR) is 143 cm³/mol. The lowest BCUT2D eigenvalue weighted by Gasteiger charge is -2.37. The molecule has 0 unspecified atom stereocenters. The first kappa shape index (κ1) is 30.4. The van der Waals surface area contributed by atoms with Crippen LogP contribution in [0.25, 0.3) is 21.0 Å². The number of rotatable bonds is 8. The number of carbonyl (C=O) groups is 2. The maximum Gasteiger partial charge on any atom is 0.490 e. The fourth-order valence-electron chi connectivity index (χ4n) is 4.04. The van der Waals surface area contributed by atoms with Crippen LogP contribution < -0.4 is 4.74 Å². The SMILES string of the molecule is CCc1c(CN2CC(C(=O)O)C2)cccc1-c1cnc(-c2ccc(OC(C)C)c(Cl)c2)s1.O=C(O)C(F)(F)F. The van der Waals surface area contributed by atoms with Crippen LogP contribution in [0.3, 0.4) is 0 Å². The first-order valence-corrected chi connectivity index (χ1v) is 13.3. The highest BCUT2D eigenvalue weighted by Crippen LogP contribution is 2.38. The van der Waals surface area contributed by atoms with E-state index in [0.717, 1.165) is 28.4 Å². The van der Waals surface area contributed by atoms with E-state index in [1.807, 2.05) is 38.2 Å². The van der Waals surface area contributed by atoms with Crippen LogP contribution in [-0.2, 0) is 22.6 Å². The van der Waals surface area contributed by atoms with Crippen molar-refractivity contribution in [2.75, 3.05) is 13.1 Å². The van der Waals surface area contributed by atoms with Gasteiger partial charge in [0.05, 0.1) is 21.9 Å². The number of nitrogens with zero attached hydrogens (tertiary/aromatic N) is 2. The summed E-state index contributed by atoms with van der Waals surface area (Å²) in [5.41, 5.74) is 4.70. The Bertz CT molecular complexity index is 1320. The largest absolute Gasteiger partial charge is 0.490 e. The van der Waals surface area contributed by atoms with Gasteiger partial charge in [0.15, 0.2) is 0 Å². The number of alkyl halides is 3. The van der Waals surface area contributed by atoms with Gasteiger partial charge in [0.1, 0.15) is 10.8 Å². The third-order valence-corrected chi connectivity index (χ3v) is 7.26. The summed E-state index contributed by atoms with van der Waals surface area (Å²) in [6.45, 7) is 8.12. The minimum absolute atomic E-state index is 0.0656. The van der Waals surface area contributed by atoms with Crippen molar-refractivity contribution in [3.8, 4) is 26.8 Å². The highest BCUT2D eigenvalue weighted by atomic mass is 35.5. The zero-order chi connectivity index (χ0) is 28.9. The zero-order valence-corrected chi connectivity index (χ0v) is 23.0. The van der Waals surface area contributed by atoms with Crippen LogP contribution in [0.4, 0.5) is 13.2 Å². The highest BCUT2D eigenvalue weighted by molar-refractivity contribution is 7.18. The monoisotopic (exact) mass is 584 g/mol. The number of ether oxygens (including phenoxy) is 1. The fourth-order valence-corrected chi connectivity index (χ4v) is 5.23. The molecular weight excluding hydrogens is 557 g/mol. The van der Waals surface area contributed by atoms with Crippen LogP contribution in [0, 0.1) is 5.92 Å². The van der Waals surface area contributed by atoms with Crippen molar-refractivity contribution in [2.24, 2.45) is 5.92 Å². The summed E-state index contributed by atoms with van der Waals surface area (Å²) in [7, 11) is 0. The lowest BCUT2D eigenvalue weighted by Crippen LogP contribution is -2.49. The van der Waals surface area contributed by atoms with Crippen molar-refractivity contribution >= 4 is 34.9 Å². The predicted octanol–water partition coefficient (Wildman–Crippen LogP) is 6.63. The summed E-state index contributed by atoms with van der Waals surface area (Å²) in [5, 5.41) is 17.8. The molecule has 4 rings (SSSR count). The molecule has 0 bridgehead atoms. The maximum absolute atomic E-state index is 11.1. The molecule has 0 saturated carbocycles. The number of halogens is 4. The van der Waals surface area contributed by atoms with Crippen molar-refractivity contribution in [1.82, 2.24) is 9.88 Å². The molecule has 1 aliphatic rings. The van der Waals surface area contributed by atoms with Gasteiger partial charge in [-0.15, -0.1) is 11.3 Å². The van der Waals surface area contributed by atoms with Gasteiger partial charge >= 0.3 is 18.1 Å². The molecule has 3 aromatic rings. The smallest absolute Gasteiger partial charge is 0.489 e. The van der Waals surface area contributed by atoms with Gasteiger partial charge in [-0.1, -0.05) is 36.7 Å². The molecule has 12 heteroatoms. The van der Waals surface area contributed by atoms with Crippen molar-refractivity contribution in [3.05, 3.63) is 58.7 Å². The molecule has 2 heterocycles. The van der Waals surface area contributed by atoms with Crippen LogP contribution >= 0.6 is 22.9 Å². The Hall–Kier alpha value is -3.15. The van der Waals surface area contributed by atoms with Crippen LogP contribution in [-0.4, -0.2) is 57.4 Å². The Kier molecular flexibility index (Phi) is 9.98. The molecule has 0 atom stereocenters. The molecule has 0 amide bonds. The third kappa shape index (κ3) is 7.93. The Morgan fingerprint density at radius 1 is 1.21 bits per heavy atom. The van der Waals surface area contributed by atoms with E-state index in [1.54, 1.807) is 11.3 Å². The minimum atomic E-state index is -5.08. The van der Waals surface area contributed by atoms with Gasteiger partial charge in [-0.25, -0.2) is 9.78 Å². The van der Waals surface area contributed by atoms with E-state index in [-0.39, 0.29) is 12.0 Å². The quantitative estimate of drug-likeness (QED) is 0.306. The number of aliphatic carboxylic acids is 2. The van der Waals surface area contributed by atoms with Crippen molar-refractivity contribution in [1.29, 1.82) is 0 Å². The summed E-state index contributed by atoms with van der Waals surface area (Å²) in [5.74, 6) is -3.02. The molecule has 0 aliphatic carbocycles. The average molecular weight is 585 g/mol. The second-order valence-corrected chi connectivity index (χ2v) is 10.6. The number of thiazole rings is 1. The van der Waals surface area contributed by atoms with E-state index in [9.17, 15) is 18.0 Å². The summed E-state index contributed by atoms with van der Waals surface area (Å²) in [4.78, 5) is 28.0. The molecule has 1 aliphatic heterocycles. The summed E-state index contributed by atoms with van der Waals surface area (Å²) in [6, 6.07) is 12.2. The Morgan fingerprint density at radius 3 is 2.41 bits per heavy atom. The van der Waals surface area contributed by atoms with Gasteiger partial charge in [-0.05, 0) is 55.2 Å². The molecule has 1 fully saturated rings. The summed E-state index contributed by atoms with van der Waals surface area (Å²) in [6.07, 6.45) is -2.19. The van der Waals surface area contributed by atoms with Crippen LogP contribution in [0.15, 0.2) is 42.6 Å². The van der Waals surface area contributed by atoms with Gasteiger partial charge in [-0.3, -0.25) is 9.69 Å². The average Bonchev–Trinajstić information content (AvgIpc) is 3.31. The minimum Gasteiger partial charge on any atom is -0.489 e. The van der Waals surface area contributed by atoms with Gasteiger partial charge < -0.3 is 14.9 Å². The van der Waals surface area contributed by atoms with Crippen LogP contribution in [0.1, 0.15) is 31.9 Å². The van der Waals surface area contributed by atoms with E-state index in [2.05, 4.69) is 35.0 Å². The van der Waals surface area contributed by atoms with Gasteiger partial charge in [0.2, 0.25) is 0 Å². The molecule has 0 spiro atoms. The lowest BCUT2D eigenvalue weighted by atomic mass is 9.94. The van der Waals surface area contributed by atoms with Gasteiger partial charge in [0, 0.05) is 31.4 Å². The molecule has 0 radical (unpaired) electrons. The zero-order valence-electron chi connectivity index (χ0n) is 21.5. The van der Waals surface area contributed by atoms with E-state index >= 15 is 0 Å². The number of carboxylic acids is 2. The molecule has 2 N–H and O–H groups in total. The van der Waals surface area contributed by atoms with E-state index in [4.69, 9.17) is 31.3 Å². The molecule has 39 heavy (non-hydrogen) atoms.